The Balaban J connectivity index is 2.11. The lowest BCUT2D eigenvalue weighted by Crippen LogP contribution is -2.43. The van der Waals surface area contributed by atoms with Crippen molar-refractivity contribution in [2.45, 2.75) is 24.9 Å². The second kappa shape index (κ2) is 7.35. The molecule has 0 spiro atoms. The predicted octanol–water partition coefficient (Wildman–Crippen LogP) is 0.749. The highest BCUT2D eigenvalue weighted by molar-refractivity contribution is 7.89. The Bertz CT molecular complexity index is 769. The minimum Gasteiger partial charge on any atom is -0.332 e. The van der Waals surface area contributed by atoms with Gasteiger partial charge in [-0.1, -0.05) is 0 Å². The molecule has 2 amide bonds. The van der Waals surface area contributed by atoms with E-state index in [1.165, 1.54) is 20.3 Å². The summed E-state index contributed by atoms with van der Waals surface area (Å²) < 4.78 is 65.0. The van der Waals surface area contributed by atoms with Crippen LogP contribution in [0, 0.1) is 12.8 Å². The maximum Gasteiger partial charge on any atom is 0.394 e. The summed E-state index contributed by atoms with van der Waals surface area (Å²) >= 11 is 0. The summed E-state index contributed by atoms with van der Waals surface area (Å²) in [6, 6.07) is 0.793. The molecule has 1 fully saturated rings. The van der Waals surface area contributed by atoms with Crippen molar-refractivity contribution in [1.82, 2.24) is 24.5 Å². The number of carbonyl (C=O) groups is 1. The molecule has 0 aliphatic carbocycles. The Morgan fingerprint density at radius 3 is 2.58 bits per heavy atom. The number of aryl methyl sites for hydroxylation is 1. The molecule has 8 nitrogen and oxygen atoms in total. The van der Waals surface area contributed by atoms with Gasteiger partial charge < -0.3 is 10.2 Å². The van der Waals surface area contributed by atoms with Gasteiger partial charge in [0.25, 0.3) is 0 Å². The second-order valence-corrected chi connectivity index (χ2v) is 8.54. The number of amides is 2. The van der Waals surface area contributed by atoms with Gasteiger partial charge in [-0.2, -0.15) is 13.2 Å². The fourth-order valence-electron chi connectivity index (χ4n) is 2.71. The van der Waals surface area contributed by atoms with Gasteiger partial charge in [0.15, 0.2) is 0 Å². The van der Waals surface area contributed by atoms with Gasteiger partial charge in [0.2, 0.25) is 10.0 Å². The summed E-state index contributed by atoms with van der Waals surface area (Å²) in [4.78, 5) is 21.1. The Kier molecular flexibility index (Phi) is 5.76. The first kappa shape index (κ1) is 20.4. The zero-order valence-corrected chi connectivity index (χ0v) is 15.3. The van der Waals surface area contributed by atoms with Crippen LogP contribution in [0.5, 0.6) is 0 Å². The third kappa shape index (κ3) is 4.41. The van der Waals surface area contributed by atoms with Crippen LogP contribution in [0.25, 0.3) is 0 Å². The number of hydrogen-bond acceptors (Lipinski definition) is 5. The van der Waals surface area contributed by atoms with E-state index in [-0.39, 0.29) is 6.54 Å². The fourth-order valence-corrected chi connectivity index (χ4v) is 4.27. The number of sulfonamides is 1. The quantitative estimate of drug-likeness (QED) is 0.812. The standard InChI is InChI=1S/C14H20F3N5O3S/c1-9-18-5-4-10(20-9)6-19-13(23)22-7-11(14(15,16)17)12(8-22)26(24,25)21(2)3/h4-5,11-12H,6-8H2,1-3H3,(H,19,23)/t11-,12-/m1/s1. The van der Waals surface area contributed by atoms with Crippen LogP contribution in [-0.2, 0) is 16.6 Å². The number of aromatic nitrogens is 2. The van der Waals surface area contributed by atoms with Gasteiger partial charge in [-0.15, -0.1) is 0 Å². The summed E-state index contributed by atoms with van der Waals surface area (Å²) in [7, 11) is -1.84. The first-order valence-corrected chi connectivity index (χ1v) is 9.22. The lowest BCUT2D eigenvalue weighted by atomic mass is 10.1. The average Bonchev–Trinajstić information content (AvgIpc) is 2.99. The molecule has 0 aromatic carbocycles. The van der Waals surface area contributed by atoms with E-state index < -0.39 is 46.5 Å². The van der Waals surface area contributed by atoms with Crippen molar-refractivity contribution in [1.29, 1.82) is 0 Å². The molecule has 0 unspecified atom stereocenters. The molecule has 1 aliphatic rings. The van der Waals surface area contributed by atoms with Crippen molar-refractivity contribution in [2.24, 2.45) is 5.92 Å². The highest BCUT2D eigenvalue weighted by Gasteiger charge is 2.55. The Hall–Kier alpha value is -1.95. The van der Waals surface area contributed by atoms with Gasteiger partial charge in [0.05, 0.1) is 18.2 Å². The van der Waals surface area contributed by atoms with Crippen LogP contribution in [0.2, 0.25) is 0 Å². The average molecular weight is 395 g/mol. The van der Waals surface area contributed by atoms with Crippen LogP contribution in [0.15, 0.2) is 12.3 Å². The summed E-state index contributed by atoms with van der Waals surface area (Å²) in [5, 5.41) is 0.730. The minimum absolute atomic E-state index is 0.000471. The summed E-state index contributed by atoms with van der Waals surface area (Å²) in [6.07, 6.45) is -3.23. The molecule has 1 aliphatic heterocycles. The largest absolute Gasteiger partial charge is 0.394 e. The molecule has 1 aromatic heterocycles. The van der Waals surface area contributed by atoms with E-state index >= 15 is 0 Å². The van der Waals surface area contributed by atoms with Gasteiger partial charge in [0, 0.05) is 33.4 Å². The van der Waals surface area contributed by atoms with E-state index in [1.807, 2.05) is 0 Å². The molecule has 2 heterocycles. The van der Waals surface area contributed by atoms with Gasteiger partial charge in [-0.3, -0.25) is 0 Å². The van der Waals surface area contributed by atoms with Crippen LogP contribution in [0.4, 0.5) is 18.0 Å². The van der Waals surface area contributed by atoms with Gasteiger partial charge in [0.1, 0.15) is 11.1 Å². The number of likely N-dealkylation sites (tertiary alicyclic amines) is 1. The van der Waals surface area contributed by atoms with Crippen molar-refractivity contribution < 1.29 is 26.4 Å². The molecule has 146 valence electrons. The monoisotopic (exact) mass is 395 g/mol. The SMILES string of the molecule is Cc1nccc(CNC(=O)N2C[C@@H](C(F)(F)F)[C@H](S(=O)(=O)N(C)C)C2)n1. The molecule has 12 heteroatoms. The topological polar surface area (TPSA) is 95.5 Å². The molecule has 0 saturated carbocycles. The fraction of sp³-hybridized carbons (Fsp3) is 0.643. The molecule has 26 heavy (non-hydrogen) atoms. The Morgan fingerprint density at radius 1 is 1.38 bits per heavy atom. The maximum atomic E-state index is 13.3. The first-order chi connectivity index (χ1) is 11.9. The molecule has 1 saturated heterocycles. The molecular weight excluding hydrogens is 375 g/mol. The number of rotatable bonds is 4. The van der Waals surface area contributed by atoms with E-state index in [0.29, 0.717) is 11.5 Å². The molecule has 2 atom stereocenters. The van der Waals surface area contributed by atoms with Crippen LogP contribution in [-0.4, -0.2) is 72.2 Å². The number of carbonyl (C=O) groups excluding carboxylic acids is 1. The lowest BCUT2D eigenvalue weighted by molar-refractivity contribution is -0.169. The highest BCUT2D eigenvalue weighted by Crippen LogP contribution is 2.37. The van der Waals surface area contributed by atoms with E-state index in [2.05, 4.69) is 15.3 Å². The number of nitrogens with zero attached hydrogens (tertiary/aromatic N) is 4. The molecule has 1 N–H and O–H groups in total. The van der Waals surface area contributed by atoms with Crippen LogP contribution in [0.1, 0.15) is 11.5 Å². The van der Waals surface area contributed by atoms with Crippen molar-refractivity contribution in [3.63, 3.8) is 0 Å². The molecular formula is C14H20F3N5O3S. The Morgan fingerprint density at radius 2 is 2.04 bits per heavy atom. The highest BCUT2D eigenvalue weighted by atomic mass is 32.2. The van der Waals surface area contributed by atoms with Crippen LogP contribution < -0.4 is 5.32 Å². The number of alkyl halides is 3. The van der Waals surface area contributed by atoms with E-state index in [1.54, 1.807) is 13.0 Å². The summed E-state index contributed by atoms with van der Waals surface area (Å²) in [5.41, 5.74) is 0.495. The Labute approximate surface area is 149 Å². The number of hydrogen-bond donors (Lipinski definition) is 1. The maximum absolute atomic E-state index is 13.3. The van der Waals surface area contributed by atoms with E-state index in [9.17, 15) is 26.4 Å². The normalized spacial score (nSPS) is 21.3. The second-order valence-electron chi connectivity index (χ2n) is 6.17. The summed E-state index contributed by atoms with van der Waals surface area (Å²) in [5.74, 6) is -1.64. The predicted molar refractivity (Wildman–Crippen MR) is 86.5 cm³/mol. The van der Waals surface area contributed by atoms with Crippen molar-refractivity contribution >= 4 is 16.1 Å². The van der Waals surface area contributed by atoms with Gasteiger partial charge >= 0.3 is 12.2 Å². The van der Waals surface area contributed by atoms with Crippen molar-refractivity contribution in [2.75, 3.05) is 27.2 Å². The zero-order chi connectivity index (χ0) is 19.7. The zero-order valence-electron chi connectivity index (χ0n) is 14.5. The van der Waals surface area contributed by atoms with Crippen molar-refractivity contribution in [3.8, 4) is 0 Å². The summed E-state index contributed by atoms with van der Waals surface area (Å²) in [6.45, 7) is 0.423. The number of halogens is 3. The van der Waals surface area contributed by atoms with Gasteiger partial charge in [-0.05, 0) is 13.0 Å². The van der Waals surface area contributed by atoms with Crippen LogP contribution in [0.3, 0.4) is 0 Å². The molecule has 0 bridgehead atoms. The first-order valence-electron chi connectivity index (χ1n) is 7.72. The number of urea groups is 1. The third-order valence-electron chi connectivity index (χ3n) is 4.12. The molecule has 0 radical (unpaired) electrons. The molecule has 1 aromatic rings. The van der Waals surface area contributed by atoms with Crippen molar-refractivity contribution in [3.05, 3.63) is 23.8 Å². The smallest absolute Gasteiger partial charge is 0.332 e. The third-order valence-corrected chi connectivity index (χ3v) is 6.38. The van der Waals surface area contributed by atoms with E-state index in [4.69, 9.17) is 0 Å². The van der Waals surface area contributed by atoms with Crippen LogP contribution >= 0.6 is 0 Å². The number of nitrogens with one attached hydrogen (secondary N) is 1. The molecule has 2 rings (SSSR count). The lowest BCUT2D eigenvalue weighted by Gasteiger charge is -2.23. The minimum atomic E-state index is -4.73. The van der Waals surface area contributed by atoms with Gasteiger partial charge in [-0.25, -0.2) is 27.5 Å². The van der Waals surface area contributed by atoms with E-state index in [0.717, 1.165) is 9.21 Å².